The van der Waals surface area contributed by atoms with Crippen molar-refractivity contribution in [3.8, 4) is 0 Å². The molecular weight excluding hydrogens is 302 g/mol. The van der Waals surface area contributed by atoms with Gasteiger partial charge in [-0.05, 0) is 18.2 Å². The molecule has 3 N–H and O–H groups in total. The lowest BCUT2D eigenvalue weighted by Gasteiger charge is -2.09. The smallest absolute Gasteiger partial charge is 0.335 e. The normalized spacial score (nSPS) is 10.1. The van der Waals surface area contributed by atoms with E-state index in [1.807, 2.05) is 5.38 Å². The van der Waals surface area contributed by atoms with E-state index >= 15 is 0 Å². The van der Waals surface area contributed by atoms with E-state index in [2.05, 4.69) is 15.6 Å². The Labute approximate surface area is 123 Å². The average Bonchev–Trinajstić information content (AvgIpc) is 2.92. The van der Waals surface area contributed by atoms with Crippen LogP contribution in [0.5, 0.6) is 0 Å². The highest BCUT2D eigenvalue weighted by atomic mass is 35.5. The van der Waals surface area contributed by atoms with Crippen LogP contribution in [0, 0.1) is 0 Å². The monoisotopic (exact) mass is 311 g/mol. The molecule has 20 heavy (non-hydrogen) atoms. The molecule has 0 bridgehead atoms. The second kappa shape index (κ2) is 6.36. The first-order chi connectivity index (χ1) is 9.56. The standard InChI is InChI=1S/C12H10ClN3O3S/c13-8-2-1-7(11(17)18)5-9(8)16-12(19)15-6-10-14-3-4-20-10/h1-5H,6H2,(H,17,18)(H2,15,16,19). The Morgan fingerprint density at radius 3 is 2.85 bits per heavy atom. The van der Waals surface area contributed by atoms with Gasteiger partial charge in [0.2, 0.25) is 0 Å². The van der Waals surface area contributed by atoms with Gasteiger partial charge in [0.25, 0.3) is 0 Å². The van der Waals surface area contributed by atoms with Crippen molar-refractivity contribution in [3.63, 3.8) is 0 Å². The minimum atomic E-state index is -1.09. The summed E-state index contributed by atoms with van der Waals surface area (Å²) in [6.07, 6.45) is 1.65. The maximum Gasteiger partial charge on any atom is 0.335 e. The Morgan fingerprint density at radius 2 is 2.20 bits per heavy atom. The predicted octanol–water partition coefficient (Wildman–Crippen LogP) is 2.82. The number of amides is 2. The van der Waals surface area contributed by atoms with Gasteiger partial charge in [-0.2, -0.15) is 0 Å². The van der Waals surface area contributed by atoms with Gasteiger partial charge in [-0.1, -0.05) is 11.6 Å². The molecule has 0 unspecified atom stereocenters. The molecule has 1 aromatic carbocycles. The van der Waals surface area contributed by atoms with Crippen molar-refractivity contribution in [2.24, 2.45) is 0 Å². The van der Waals surface area contributed by atoms with Gasteiger partial charge < -0.3 is 15.7 Å². The first-order valence-corrected chi connectivity index (χ1v) is 6.78. The molecule has 0 aliphatic heterocycles. The molecule has 0 saturated carbocycles. The number of hydrogen-bond donors (Lipinski definition) is 3. The minimum absolute atomic E-state index is 0.0459. The summed E-state index contributed by atoms with van der Waals surface area (Å²) >= 11 is 7.32. The third-order valence-corrected chi connectivity index (χ3v) is 3.45. The fourth-order valence-electron chi connectivity index (χ4n) is 1.42. The number of carbonyl (C=O) groups is 2. The number of halogens is 1. The number of nitrogens with one attached hydrogen (secondary N) is 2. The summed E-state index contributed by atoms with van der Waals surface area (Å²) in [6.45, 7) is 0.291. The number of nitrogens with zero attached hydrogens (tertiary/aromatic N) is 1. The molecule has 2 rings (SSSR count). The summed E-state index contributed by atoms with van der Waals surface area (Å²) in [5, 5.41) is 16.8. The van der Waals surface area contributed by atoms with Gasteiger partial charge in [-0.15, -0.1) is 11.3 Å². The molecule has 0 aliphatic carbocycles. The quantitative estimate of drug-likeness (QED) is 0.809. The van der Waals surface area contributed by atoms with Gasteiger partial charge in [0.15, 0.2) is 0 Å². The van der Waals surface area contributed by atoms with Crippen LogP contribution in [0.25, 0.3) is 0 Å². The van der Waals surface area contributed by atoms with Crippen molar-refractivity contribution in [1.29, 1.82) is 0 Å². The van der Waals surface area contributed by atoms with Gasteiger partial charge in [0.05, 0.1) is 22.8 Å². The summed E-state index contributed by atoms with van der Waals surface area (Å²) in [7, 11) is 0. The van der Waals surface area contributed by atoms with Crippen molar-refractivity contribution >= 4 is 40.6 Å². The van der Waals surface area contributed by atoms with Crippen molar-refractivity contribution in [3.05, 3.63) is 45.4 Å². The number of carboxylic acids is 1. The number of carboxylic acid groups (broad SMARTS) is 1. The van der Waals surface area contributed by atoms with Crippen LogP contribution in [0.3, 0.4) is 0 Å². The minimum Gasteiger partial charge on any atom is -0.478 e. The van der Waals surface area contributed by atoms with E-state index in [1.54, 1.807) is 6.20 Å². The summed E-state index contributed by atoms with van der Waals surface area (Å²) in [6, 6.07) is 3.60. The molecule has 0 spiro atoms. The number of anilines is 1. The Hall–Kier alpha value is -2.12. The molecule has 2 amide bonds. The molecule has 0 radical (unpaired) electrons. The molecule has 0 atom stereocenters. The van der Waals surface area contributed by atoms with E-state index in [0.29, 0.717) is 6.54 Å². The van der Waals surface area contributed by atoms with E-state index in [-0.39, 0.29) is 16.3 Å². The zero-order valence-electron chi connectivity index (χ0n) is 10.1. The highest BCUT2D eigenvalue weighted by molar-refractivity contribution is 7.09. The number of aromatic nitrogens is 1. The molecule has 0 saturated heterocycles. The molecule has 0 aliphatic rings. The summed E-state index contributed by atoms with van der Waals surface area (Å²) < 4.78 is 0. The predicted molar refractivity (Wildman–Crippen MR) is 76.4 cm³/mol. The molecule has 1 aromatic heterocycles. The molecular formula is C12H10ClN3O3S. The van der Waals surface area contributed by atoms with Crippen molar-refractivity contribution in [1.82, 2.24) is 10.3 Å². The van der Waals surface area contributed by atoms with Gasteiger partial charge in [-0.3, -0.25) is 0 Å². The zero-order chi connectivity index (χ0) is 14.5. The number of urea groups is 1. The Bertz CT molecular complexity index is 631. The number of aromatic carboxylic acids is 1. The number of rotatable bonds is 4. The Balaban J connectivity index is 2.00. The van der Waals surface area contributed by atoms with Crippen LogP contribution < -0.4 is 10.6 Å². The average molecular weight is 312 g/mol. The van der Waals surface area contributed by atoms with Crippen LogP contribution in [0.15, 0.2) is 29.8 Å². The van der Waals surface area contributed by atoms with Crippen molar-refractivity contribution < 1.29 is 14.7 Å². The summed E-state index contributed by atoms with van der Waals surface area (Å²) in [5.41, 5.74) is 0.285. The third kappa shape index (κ3) is 3.69. The first kappa shape index (κ1) is 14.3. The molecule has 6 nitrogen and oxygen atoms in total. The lowest BCUT2D eigenvalue weighted by molar-refractivity contribution is 0.0697. The van der Waals surface area contributed by atoms with Gasteiger partial charge in [0.1, 0.15) is 5.01 Å². The second-order valence-corrected chi connectivity index (χ2v) is 5.12. The van der Waals surface area contributed by atoms with Crippen LogP contribution in [-0.4, -0.2) is 22.1 Å². The van der Waals surface area contributed by atoms with Crippen LogP contribution in [0.1, 0.15) is 15.4 Å². The number of benzene rings is 1. The lowest BCUT2D eigenvalue weighted by Crippen LogP contribution is -2.28. The van der Waals surface area contributed by atoms with Gasteiger partial charge in [-0.25, -0.2) is 14.6 Å². The second-order valence-electron chi connectivity index (χ2n) is 3.73. The fourth-order valence-corrected chi connectivity index (χ4v) is 2.14. The largest absolute Gasteiger partial charge is 0.478 e. The van der Waals surface area contributed by atoms with E-state index in [1.165, 1.54) is 29.5 Å². The summed E-state index contributed by atoms with van der Waals surface area (Å²) in [5.74, 6) is -1.09. The number of carbonyl (C=O) groups excluding carboxylic acids is 1. The van der Waals surface area contributed by atoms with Gasteiger partial charge >= 0.3 is 12.0 Å². The highest BCUT2D eigenvalue weighted by Gasteiger charge is 2.10. The van der Waals surface area contributed by atoms with Crippen LogP contribution in [-0.2, 0) is 6.54 Å². The van der Waals surface area contributed by atoms with Crippen molar-refractivity contribution in [2.45, 2.75) is 6.54 Å². The Morgan fingerprint density at radius 1 is 1.40 bits per heavy atom. The van der Waals surface area contributed by atoms with E-state index in [4.69, 9.17) is 16.7 Å². The summed E-state index contributed by atoms with van der Waals surface area (Å²) in [4.78, 5) is 26.6. The van der Waals surface area contributed by atoms with Crippen molar-refractivity contribution in [2.75, 3.05) is 5.32 Å². The van der Waals surface area contributed by atoms with Crippen LogP contribution in [0.4, 0.5) is 10.5 Å². The topological polar surface area (TPSA) is 91.3 Å². The zero-order valence-corrected chi connectivity index (χ0v) is 11.7. The molecule has 2 aromatic rings. The van der Waals surface area contributed by atoms with Crippen LogP contribution >= 0.6 is 22.9 Å². The molecule has 8 heteroatoms. The highest BCUT2D eigenvalue weighted by Crippen LogP contribution is 2.23. The number of hydrogen-bond acceptors (Lipinski definition) is 4. The maximum absolute atomic E-state index is 11.7. The SMILES string of the molecule is O=C(NCc1nccs1)Nc1cc(C(=O)O)ccc1Cl. The third-order valence-electron chi connectivity index (χ3n) is 2.35. The van der Waals surface area contributed by atoms with E-state index in [0.717, 1.165) is 5.01 Å². The van der Waals surface area contributed by atoms with Gasteiger partial charge in [0, 0.05) is 11.6 Å². The lowest BCUT2D eigenvalue weighted by atomic mass is 10.2. The first-order valence-electron chi connectivity index (χ1n) is 5.52. The molecule has 0 fully saturated rings. The fraction of sp³-hybridized carbons (Fsp3) is 0.0833. The van der Waals surface area contributed by atoms with E-state index < -0.39 is 12.0 Å². The molecule has 1 heterocycles. The Kier molecular flexibility index (Phi) is 4.54. The molecule has 104 valence electrons. The maximum atomic E-state index is 11.7. The van der Waals surface area contributed by atoms with Crippen LogP contribution in [0.2, 0.25) is 5.02 Å². The number of thiazole rings is 1. The van der Waals surface area contributed by atoms with E-state index in [9.17, 15) is 9.59 Å².